The first kappa shape index (κ1) is 14.2. The zero-order chi connectivity index (χ0) is 12.7. The van der Waals surface area contributed by atoms with Crippen LogP contribution < -0.4 is 0 Å². The molecule has 0 saturated heterocycles. The molecular weight excluding hydrogens is 280 g/mol. The fourth-order valence-corrected chi connectivity index (χ4v) is 2.85. The van der Waals surface area contributed by atoms with E-state index in [4.69, 9.17) is 4.74 Å². The fraction of sp³-hybridized carbons (Fsp3) is 0.500. The maximum Gasteiger partial charge on any atom is 0.317 e. The van der Waals surface area contributed by atoms with Crippen LogP contribution in [0.4, 0.5) is 0 Å². The van der Waals surface area contributed by atoms with E-state index in [9.17, 15) is 4.79 Å². The van der Waals surface area contributed by atoms with E-state index in [0.717, 1.165) is 18.4 Å². The van der Waals surface area contributed by atoms with Gasteiger partial charge in [-0.3, -0.25) is 4.79 Å². The number of halogens is 1. The quantitative estimate of drug-likeness (QED) is 0.591. The standard InChI is InChI=1S/C14H19BrO2/c1-3-10-14(11-15,13(16)17-4-2)12-8-6-5-7-9-12/h5-9H,3-4,10-11H2,1-2H3. The molecule has 0 saturated carbocycles. The van der Waals surface area contributed by atoms with Crippen LogP contribution in [0.1, 0.15) is 32.3 Å². The SMILES string of the molecule is CCCC(CBr)(C(=O)OCC)c1ccccc1. The minimum atomic E-state index is -0.550. The summed E-state index contributed by atoms with van der Waals surface area (Å²) in [4.78, 5) is 12.2. The van der Waals surface area contributed by atoms with Crippen molar-refractivity contribution in [1.29, 1.82) is 0 Å². The summed E-state index contributed by atoms with van der Waals surface area (Å²) in [6, 6.07) is 9.87. The Balaban J connectivity index is 3.12. The van der Waals surface area contributed by atoms with Crippen molar-refractivity contribution in [3.8, 4) is 0 Å². The molecule has 94 valence electrons. The molecule has 0 spiro atoms. The van der Waals surface area contributed by atoms with E-state index in [-0.39, 0.29) is 5.97 Å². The highest BCUT2D eigenvalue weighted by molar-refractivity contribution is 9.09. The minimum absolute atomic E-state index is 0.134. The van der Waals surface area contributed by atoms with Crippen molar-refractivity contribution in [2.24, 2.45) is 0 Å². The van der Waals surface area contributed by atoms with Gasteiger partial charge >= 0.3 is 5.97 Å². The van der Waals surface area contributed by atoms with Crippen LogP contribution in [0, 0.1) is 0 Å². The number of rotatable bonds is 6. The van der Waals surface area contributed by atoms with E-state index >= 15 is 0 Å². The lowest BCUT2D eigenvalue weighted by Gasteiger charge is -2.29. The molecule has 0 N–H and O–H groups in total. The number of hydrogen-bond acceptors (Lipinski definition) is 2. The van der Waals surface area contributed by atoms with E-state index in [1.165, 1.54) is 0 Å². The van der Waals surface area contributed by atoms with E-state index < -0.39 is 5.41 Å². The van der Waals surface area contributed by atoms with Crippen molar-refractivity contribution in [2.45, 2.75) is 32.1 Å². The zero-order valence-electron chi connectivity index (χ0n) is 10.4. The summed E-state index contributed by atoms with van der Waals surface area (Å²) in [6.07, 6.45) is 1.74. The van der Waals surface area contributed by atoms with Gasteiger partial charge in [-0.1, -0.05) is 59.6 Å². The normalized spacial score (nSPS) is 14.1. The molecule has 0 heterocycles. The van der Waals surface area contributed by atoms with Crippen LogP contribution in [-0.4, -0.2) is 17.9 Å². The molecule has 0 radical (unpaired) electrons. The van der Waals surface area contributed by atoms with Crippen LogP contribution >= 0.6 is 15.9 Å². The third-order valence-electron chi connectivity index (χ3n) is 2.90. The van der Waals surface area contributed by atoms with Crippen LogP contribution in [0.5, 0.6) is 0 Å². The number of alkyl halides is 1. The second kappa shape index (κ2) is 6.80. The van der Waals surface area contributed by atoms with Gasteiger partial charge in [0.05, 0.1) is 6.61 Å². The predicted octanol–water partition coefficient (Wildman–Crippen LogP) is 3.68. The van der Waals surface area contributed by atoms with Crippen molar-refractivity contribution >= 4 is 21.9 Å². The summed E-state index contributed by atoms with van der Waals surface area (Å²) in [5.74, 6) is -0.134. The molecule has 1 rings (SSSR count). The first-order valence-corrected chi connectivity index (χ1v) is 7.12. The van der Waals surface area contributed by atoms with Crippen molar-refractivity contribution in [3.63, 3.8) is 0 Å². The number of ether oxygens (including phenoxy) is 1. The molecule has 0 aliphatic carbocycles. The molecule has 0 bridgehead atoms. The Kier molecular flexibility index (Phi) is 5.69. The summed E-state index contributed by atoms with van der Waals surface area (Å²) < 4.78 is 5.24. The lowest BCUT2D eigenvalue weighted by molar-refractivity contribution is -0.149. The molecule has 1 aromatic rings. The Bertz CT molecular complexity index is 350. The second-order valence-electron chi connectivity index (χ2n) is 4.05. The largest absolute Gasteiger partial charge is 0.465 e. The van der Waals surface area contributed by atoms with Crippen molar-refractivity contribution in [2.75, 3.05) is 11.9 Å². The second-order valence-corrected chi connectivity index (χ2v) is 4.61. The molecule has 0 aliphatic heterocycles. The smallest absolute Gasteiger partial charge is 0.317 e. The Labute approximate surface area is 111 Å². The van der Waals surface area contributed by atoms with Crippen LogP contribution in [0.15, 0.2) is 30.3 Å². The molecule has 1 aromatic carbocycles. The van der Waals surface area contributed by atoms with Crippen LogP contribution in [-0.2, 0) is 14.9 Å². The fourth-order valence-electron chi connectivity index (χ4n) is 2.02. The highest BCUT2D eigenvalue weighted by atomic mass is 79.9. The molecule has 0 amide bonds. The number of hydrogen-bond donors (Lipinski definition) is 0. The molecule has 1 unspecified atom stereocenters. The minimum Gasteiger partial charge on any atom is -0.465 e. The number of carbonyl (C=O) groups is 1. The van der Waals surface area contributed by atoms with Gasteiger partial charge in [-0.25, -0.2) is 0 Å². The Hall–Kier alpha value is -0.830. The summed E-state index contributed by atoms with van der Waals surface area (Å²) in [6.45, 7) is 4.34. The van der Waals surface area contributed by atoms with Gasteiger partial charge in [-0.15, -0.1) is 0 Å². The average molecular weight is 299 g/mol. The number of benzene rings is 1. The molecule has 17 heavy (non-hydrogen) atoms. The van der Waals surface area contributed by atoms with Crippen molar-refractivity contribution in [3.05, 3.63) is 35.9 Å². The van der Waals surface area contributed by atoms with Crippen molar-refractivity contribution < 1.29 is 9.53 Å². The highest BCUT2D eigenvalue weighted by Gasteiger charge is 2.39. The maximum atomic E-state index is 12.2. The molecule has 3 heteroatoms. The monoisotopic (exact) mass is 298 g/mol. The van der Waals surface area contributed by atoms with Gasteiger partial charge in [0, 0.05) is 5.33 Å². The van der Waals surface area contributed by atoms with Crippen LogP contribution in [0.3, 0.4) is 0 Å². The molecule has 2 nitrogen and oxygen atoms in total. The van der Waals surface area contributed by atoms with Crippen LogP contribution in [0.2, 0.25) is 0 Å². The van der Waals surface area contributed by atoms with Gasteiger partial charge in [0.15, 0.2) is 0 Å². The Morgan fingerprint density at radius 1 is 1.29 bits per heavy atom. The molecule has 0 aromatic heterocycles. The summed E-state index contributed by atoms with van der Waals surface area (Å²) in [7, 11) is 0. The predicted molar refractivity (Wildman–Crippen MR) is 73.5 cm³/mol. The lowest BCUT2D eigenvalue weighted by atomic mass is 9.78. The van der Waals surface area contributed by atoms with Crippen LogP contribution in [0.25, 0.3) is 0 Å². The Morgan fingerprint density at radius 2 is 1.94 bits per heavy atom. The molecule has 0 aliphatic rings. The topological polar surface area (TPSA) is 26.3 Å². The van der Waals surface area contributed by atoms with Gasteiger partial charge in [0.25, 0.3) is 0 Å². The summed E-state index contributed by atoms with van der Waals surface area (Å²) >= 11 is 3.48. The molecule has 1 atom stereocenters. The van der Waals surface area contributed by atoms with Crippen molar-refractivity contribution in [1.82, 2.24) is 0 Å². The van der Waals surface area contributed by atoms with E-state index in [1.807, 2.05) is 37.3 Å². The van der Waals surface area contributed by atoms with Gasteiger partial charge in [-0.05, 0) is 18.9 Å². The highest BCUT2D eigenvalue weighted by Crippen LogP contribution is 2.33. The summed E-state index contributed by atoms with van der Waals surface area (Å²) in [5.41, 5.74) is 0.476. The first-order chi connectivity index (χ1) is 8.21. The van der Waals surface area contributed by atoms with Gasteiger partial charge in [0.1, 0.15) is 5.41 Å². The van der Waals surface area contributed by atoms with E-state index in [1.54, 1.807) is 0 Å². The van der Waals surface area contributed by atoms with E-state index in [2.05, 4.69) is 22.9 Å². The van der Waals surface area contributed by atoms with Gasteiger partial charge < -0.3 is 4.74 Å². The third kappa shape index (κ3) is 3.09. The van der Waals surface area contributed by atoms with Gasteiger partial charge in [0.2, 0.25) is 0 Å². The zero-order valence-corrected chi connectivity index (χ0v) is 12.0. The lowest BCUT2D eigenvalue weighted by Crippen LogP contribution is -2.39. The molecule has 0 fully saturated rings. The number of carbonyl (C=O) groups excluding carboxylic acids is 1. The van der Waals surface area contributed by atoms with Gasteiger partial charge in [-0.2, -0.15) is 0 Å². The third-order valence-corrected chi connectivity index (χ3v) is 3.85. The first-order valence-electron chi connectivity index (χ1n) is 6.00. The number of esters is 1. The Morgan fingerprint density at radius 3 is 2.41 bits per heavy atom. The maximum absolute atomic E-state index is 12.2. The summed E-state index contributed by atoms with van der Waals surface area (Å²) in [5, 5.41) is 0.594. The van der Waals surface area contributed by atoms with E-state index in [0.29, 0.717) is 11.9 Å². The molecular formula is C14H19BrO2. The average Bonchev–Trinajstić information content (AvgIpc) is 2.37.